The van der Waals surface area contributed by atoms with E-state index in [9.17, 15) is 13.2 Å². The van der Waals surface area contributed by atoms with Crippen molar-refractivity contribution in [2.24, 2.45) is 0 Å². The molecule has 0 saturated heterocycles. The minimum absolute atomic E-state index is 0.00501. The van der Waals surface area contributed by atoms with Gasteiger partial charge in [-0.3, -0.25) is 4.79 Å². The van der Waals surface area contributed by atoms with Gasteiger partial charge >= 0.3 is 5.97 Å². The van der Waals surface area contributed by atoms with Crippen molar-refractivity contribution in [2.75, 3.05) is 23.7 Å². The Kier molecular flexibility index (Phi) is 3.88. The highest BCUT2D eigenvalue weighted by atomic mass is 32.2. The van der Waals surface area contributed by atoms with E-state index in [4.69, 9.17) is 9.84 Å². The molecule has 6 nitrogen and oxygen atoms in total. The fraction of sp³-hybridized carbons (Fsp3) is 0.500. The zero-order chi connectivity index (χ0) is 15.8. The van der Waals surface area contributed by atoms with Crippen molar-refractivity contribution in [3.63, 3.8) is 0 Å². The molecule has 0 saturated carbocycles. The first-order valence-corrected chi connectivity index (χ1v) is 8.32. The Bertz CT molecular complexity index is 666. The maximum Gasteiger partial charge on any atom is 0.319 e. The smallest absolute Gasteiger partial charge is 0.319 e. The Labute approximate surface area is 124 Å². The number of rotatable bonds is 4. The molecule has 0 fully saturated rings. The molecule has 1 aromatic carbocycles. The Morgan fingerprint density at radius 3 is 2.67 bits per heavy atom. The summed E-state index contributed by atoms with van der Waals surface area (Å²) in [5.41, 5.74) is 0.327. The third kappa shape index (κ3) is 3.29. The van der Waals surface area contributed by atoms with Gasteiger partial charge in [-0.25, -0.2) is 8.42 Å². The van der Waals surface area contributed by atoms with Gasteiger partial charge < -0.3 is 14.7 Å². The van der Waals surface area contributed by atoms with E-state index in [1.54, 1.807) is 6.07 Å². The summed E-state index contributed by atoms with van der Waals surface area (Å²) in [5, 5.41) is 8.70. The van der Waals surface area contributed by atoms with Crippen LogP contribution in [-0.2, 0) is 14.6 Å². The van der Waals surface area contributed by atoms with Gasteiger partial charge in [0.15, 0.2) is 15.6 Å². The van der Waals surface area contributed by atoms with Crippen LogP contribution in [0.2, 0.25) is 0 Å². The van der Waals surface area contributed by atoms with Gasteiger partial charge in [0.05, 0.1) is 17.1 Å². The number of anilines is 1. The molecule has 0 spiro atoms. The number of sulfone groups is 1. The van der Waals surface area contributed by atoms with Gasteiger partial charge in [-0.05, 0) is 39.0 Å². The predicted molar refractivity (Wildman–Crippen MR) is 78.7 cm³/mol. The zero-order valence-corrected chi connectivity index (χ0v) is 13.1. The monoisotopic (exact) mass is 313 g/mol. The van der Waals surface area contributed by atoms with Crippen LogP contribution in [0.15, 0.2) is 23.1 Å². The number of carboxylic acid groups (broad SMARTS) is 1. The third-order valence-electron chi connectivity index (χ3n) is 3.28. The first kappa shape index (κ1) is 15.6. The molecule has 1 aromatic rings. The first-order valence-electron chi connectivity index (χ1n) is 6.67. The molecule has 0 bridgehead atoms. The normalized spacial score (nSPS) is 17.0. The SMILES string of the molecule is CCN1CC(C)(C)Oc2ccc(S(=O)(=O)CC(=O)O)cc21. The van der Waals surface area contributed by atoms with Gasteiger partial charge in [0.2, 0.25) is 0 Å². The van der Waals surface area contributed by atoms with Crippen molar-refractivity contribution >= 4 is 21.5 Å². The minimum atomic E-state index is -3.84. The molecule has 7 heteroatoms. The van der Waals surface area contributed by atoms with Crippen LogP contribution in [0, 0.1) is 0 Å². The van der Waals surface area contributed by atoms with Gasteiger partial charge in [-0.2, -0.15) is 0 Å². The summed E-state index contributed by atoms with van der Waals surface area (Å²) in [5.74, 6) is -1.66. The number of benzene rings is 1. The maximum absolute atomic E-state index is 12.0. The molecule has 0 amide bonds. The molecule has 1 N–H and O–H groups in total. The fourth-order valence-electron chi connectivity index (χ4n) is 2.43. The number of hydrogen-bond acceptors (Lipinski definition) is 5. The van der Waals surface area contributed by atoms with Crippen LogP contribution < -0.4 is 9.64 Å². The van der Waals surface area contributed by atoms with Crippen LogP contribution >= 0.6 is 0 Å². The van der Waals surface area contributed by atoms with E-state index in [-0.39, 0.29) is 10.5 Å². The molecular formula is C14H19NO5S. The lowest BCUT2D eigenvalue weighted by atomic mass is 10.1. The van der Waals surface area contributed by atoms with Gasteiger partial charge in [0.1, 0.15) is 11.4 Å². The van der Waals surface area contributed by atoms with Crippen molar-refractivity contribution in [2.45, 2.75) is 31.3 Å². The molecule has 2 rings (SSSR count). The van der Waals surface area contributed by atoms with Crippen LogP contribution in [0.25, 0.3) is 0 Å². The van der Waals surface area contributed by atoms with Crippen molar-refractivity contribution < 1.29 is 23.1 Å². The van der Waals surface area contributed by atoms with Gasteiger partial charge in [-0.15, -0.1) is 0 Å². The lowest BCUT2D eigenvalue weighted by Crippen LogP contribution is -2.46. The summed E-state index contributed by atoms with van der Waals surface area (Å²) in [6.07, 6.45) is 0. The molecule has 0 aromatic heterocycles. The average Bonchev–Trinajstić information content (AvgIpc) is 2.34. The van der Waals surface area contributed by atoms with E-state index >= 15 is 0 Å². The van der Waals surface area contributed by atoms with Gasteiger partial charge in [0.25, 0.3) is 0 Å². The summed E-state index contributed by atoms with van der Waals surface area (Å²) in [6.45, 7) is 7.26. The minimum Gasteiger partial charge on any atom is -0.484 e. The van der Waals surface area contributed by atoms with Gasteiger partial charge in [0, 0.05) is 6.54 Å². The molecule has 0 atom stereocenters. The standard InChI is InChI=1S/C14H19NO5S/c1-4-15-9-14(2,3)20-12-6-5-10(7-11(12)15)21(18,19)8-13(16)17/h5-7H,4,8-9H2,1-3H3,(H,16,17). The van der Waals surface area contributed by atoms with Crippen molar-refractivity contribution in [3.8, 4) is 5.75 Å². The van der Waals surface area contributed by atoms with Crippen LogP contribution in [0.5, 0.6) is 5.75 Å². The van der Waals surface area contributed by atoms with Gasteiger partial charge in [-0.1, -0.05) is 0 Å². The third-order valence-corrected chi connectivity index (χ3v) is 4.88. The average molecular weight is 313 g/mol. The van der Waals surface area contributed by atoms with Crippen molar-refractivity contribution in [1.82, 2.24) is 0 Å². The lowest BCUT2D eigenvalue weighted by Gasteiger charge is -2.40. The molecule has 1 aliphatic rings. The Balaban J connectivity index is 2.46. The molecule has 1 aliphatic heterocycles. The van der Waals surface area contributed by atoms with E-state index in [0.29, 0.717) is 24.5 Å². The highest BCUT2D eigenvalue weighted by Crippen LogP contribution is 2.38. The summed E-state index contributed by atoms with van der Waals surface area (Å²) >= 11 is 0. The highest BCUT2D eigenvalue weighted by Gasteiger charge is 2.32. The summed E-state index contributed by atoms with van der Waals surface area (Å²) in [4.78, 5) is 12.7. The number of likely N-dealkylation sites (N-methyl/N-ethyl adjacent to an activating group) is 1. The van der Waals surface area contributed by atoms with Crippen LogP contribution in [0.4, 0.5) is 5.69 Å². The van der Waals surface area contributed by atoms with E-state index in [1.807, 2.05) is 25.7 Å². The predicted octanol–water partition coefficient (Wildman–Crippen LogP) is 1.54. The molecule has 0 radical (unpaired) electrons. The molecular weight excluding hydrogens is 294 g/mol. The highest BCUT2D eigenvalue weighted by molar-refractivity contribution is 7.92. The number of hydrogen-bond donors (Lipinski definition) is 1. The van der Waals surface area contributed by atoms with Crippen molar-refractivity contribution in [3.05, 3.63) is 18.2 Å². The van der Waals surface area contributed by atoms with Crippen LogP contribution in [0.3, 0.4) is 0 Å². The maximum atomic E-state index is 12.0. The summed E-state index contributed by atoms with van der Waals surface area (Å²) in [6, 6.07) is 4.48. The van der Waals surface area contributed by atoms with Crippen molar-refractivity contribution in [1.29, 1.82) is 0 Å². The number of ether oxygens (including phenoxy) is 1. The first-order chi connectivity index (χ1) is 9.64. The number of aliphatic carboxylic acids is 1. The lowest BCUT2D eigenvalue weighted by molar-refractivity contribution is -0.134. The van der Waals surface area contributed by atoms with E-state index in [2.05, 4.69) is 0 Å². The summed E-state index contributed by atoms with van der Waals surface area (Å²) < 4.78 is 29.9. The molecule has 0 unspecified atom stereocenters. The van der Waals surface area contributed by atoms with Crippen LogP contribution in [-0.4, -0.2) is 43.9 Å². The fourth-order valence-corrected chi connectivity index (χ4v) is 3.49. The van der Waals surface area contributed by atoms with E-state index < -0.39 is 21.6 Å². The molecule has 1 heterocycles. The topological polar surface area (TPSA) is 83.9 Å². The molecule has 21 heavy (non-hydrogen) atoms. The second-order valence-electron chi connectivity index (χ2n) is 5.66. The second-order valence-corrected chi connectivity index (χ2v) is 7.65. The Morgan fingerprint density at radius 1 is 1.43 bits per heavy atom. The number of carboxylic acids is 1. The summed E-state index contributed by atoms with van der Waals surface area (Å²) in [7, 11) is -3.84. The van der Waals surface area contributed by atoms with E-state index in [1.165, 1.54) is 12.1 Å². The Morgan fingerprint density at radius 2 is 2.10 bits per heavy atom. The molecule has 0 aliphatic carbocycles. The number of fused-ring (bicyclic) bond motifs is 1. The second kappa shape index (κ2) is 5.22. The quantitative estimate of drug-likeness (QED) is 0.908. The number of nitrogens with zero attached hydrogens (tertiary/aromatic N) is 1. The van der Waals surface area contributed by atoms with E-state index in [0.717, 1.165) is 0 Å². The van der Waals surface area contributed by atoms with Crippen LogP contribution in [0.1, 0.15) is 20.8 Å². The molecule has 116 valence electrons. The zero-order valence-electron chi connectivity index (χ0n) is 12.3. The largest absolute Gasteiger partial charge is 0.484 e. The Hall–Kier alpha value is -1.76. The number of carbonyl (C=O) groups is 1.